The van der Waals surface area contributed by atoms with Gasteiger partial charge in [-0.15, -0.1) is 0 Å². The van der Waals surface area contributed by atoms with E-state index in [1.54, 1.807) is 0 Å². The number of hydrogen-bond acceptors (Lipinski definition) is 1. The summed E-state index contributed by atoms with van der Waals surface area (Å²) in [7, 11) is 0. The molecule has 0 aromatic carbocycles. The molecule has 0 bridgehead atoms. The van der Waals surface area contributed by atoms with Crippen LogP contribution in [0.15, 0.2) is 12.2 Å². The molecule has 3 atom stereocenters. The predicted molar refractivity (Wildman–Crippen MR) is 61.0 cm³/mol. The lowest BCUT2D eigenvalue weighted by Crippen LogP contribution is -2.50. The highest BCUT2D eigenvalue weighted by molar-refractivity contribution is 5.06. The van der Waals surface area contributed by atoms with Gasteiger partial charge in [0.2, 0.25) is 0 Å². The van der Waals surface area contributed by atoms with Gasteiger partial charge in [0, 0.05) is 5.54 Å². The van der Waals surface area contributed by atoms with E-state index < -0.39 is 0 Å². The maximum Gasteiger partial charge on any atom is 0.0220 e. The molecule has 0 aliphatic heterocycles. The van der Waals surface area contributed by atoms with Gasteiger partial charge in [0.25, 0.3) is 0 Å². The van der Waals surface area contributed by atoms with Gasteiger partial charge in [0.1, 0.15) is 0 Å². The van der Waals surface area contributed by atoms with Crippen molar-refractivity contribution in [2.75, 3.05) is 0 Å². The summed E-state index contributed by atoms with van der Waals surface area (Å²) in [4.78, 5) is 0. The Balaban J connectivity index is 2.05. The fraction of sp³-hybridized carbons (Fsp3) is 0.846. The fourth-order valence-electron chi connectivity index (χ4n) is 3.26. The Morgan fingerprint density at radius 3 is 2.79 bits per heavy atom. The molecule has 1 fully saturated rings. The van der Waals surface area contributed by atoms with Crippen LogP contribution in [0.2, 0.25) is 0 Å². The van der Waals surface area contributed by atoms with Crippen molar-refractivity contribution < 1.29 is 0 Å². The maximum atomic E-state index is 6.57. The molecule has 3 unspecified atom stereocenters. The summed E-state index contributed by atoms with van der Waals surface area (Å²) in [5.41, 5.74) is 6.71. The average molecular weight is 193 g/mol. The number of hydrogen-bond donors (Lipinski definition) is 1. The zero-order valence-corrected chi connectivity index (χ0v) is 9.34. The summed E-state index contributed by atoms with van der Waals surface area (Å²) in [5.74, 6) is 1.50. The molecule has 2 N–H and O–H groups in total. The Kier molecular flexibility index (Phi) is 2.96. The van der Waals surface area contributed by atoms with E-state index in [-0.39, 0.29) is 5.54 Å². The zero-order valence-electron chi connectivity index (χ0n) is 9.34. The molecule has 2 aliphatic rings. The highest BCUT2D eigenvalue weighted by Crippen LogP contribution is 2.39. The molecular weight excluding hydrogens is 170 g/mol. The van der Waals surface area contributed by atoms with Crippen molar-refractivity contribution in [3.05, 3.63) is 12.2 Å². The lowest BCUT2D eigenvalue weighted by molar-refractivity contribution is 0.174. The van der Waals surface area contributed by atoms with Crippen LogP contribution >= 0.6 is 0 Å². The van der Waals surface area contributed by atoms with Gasteiger partial charge in [-0.25, -0.2) is 0 Å². The Hall–Kier alpha value is -0.300. The first kappa shape index (κ1) is 10.2. The van der Waals surface area contributed by atoms with E-state index in [0.717, 1.165) is 5.92 Å². The molecule has 1 saturated carbocycles. The van der Waals surface area contributed by atoms with Crippen molar-refractivity contribution in [3.63, 3.8) is 0 Å². The van der Waals surface area contributed by atoms with E-state index >= 15 is 0 Å². The van der Waals surface area contributed by atoms with Crippen LogP contribution in [0.4, 0.5) is 0 Å². The number of allylic oxidation sites excluding steroid dienone is 1. The van der Waals surface area contributed by atoms with Crippen LogP contribution in [-0.4, -0.2) is 5.54 Å². The average Bonchev–Trinajstić information content (AvgIpc) is 2.19. The molecule has 0 heterocycles. The van der Waals surface area contributed by atoms with E-state index in [4.69, 9.17) is 5.73 Å². The largest absolute Gasteiger partial charge is 0.325 e. The Bertz CT molecular complexity index is 221. The molecule has 1 nitrogen and oxygen atoms in total. The molecule has 2 rings (SSSR count). The van der Waals surface area contributed by atoms with Crippen molar-refractivity contribution in [3.8, 4) is 0 Å². The monoisotopic (exact) mass is 193 g/mol. The third-order valence-corrected chi connectivity index (χ3v) is 4.06. The first-order valence-electron chi connectivity index (χ1n) is 6.16. The maximum absolute atomic E-state index is 6.57. The molecule has 0 saturated heterocycles. The lowest BCUT2D eigenvalue weighted by Gasteiger charge is -2.42. The molecule has 0 aromatic heterocycles. The smallest absolute Gasteiger partial charge is 0.0220 e. The minimum atomic E-state index is 0.134. The molecule has 80 valence electrons. The van der Waals surface area contributed by atoms with Crippen LogP contribution in [0.3, 0.4) is 0 Å². The van der Waals surface area contributed by atoms with Gasteiger partial charge in [0.05, 0.1) is 0 Å². The van der Waals surface area contributed by atoms with Gasteiger partial charge in [-0.05, 0) is 43.9 Å². The number of nitrogens with two attached hydrogens (primary N) is 1. The van der Waals surface area contributed by atoms with Crippen LogP contribution in [0.25, 0.3) is 0 Å². The zero-order chi connectivity index (χ0) is 10.0. The molecule has 0 spiro atoms. The molecule has 0 radical (unpaired) electrons. The van der Waals surface area contributed by atoms with Crippen molar-refractivity contribution >= 4 is 0 Å². The van der Waals surface area contributed by atoms with Crippen LogP contribution in [0.5, 0.6) is 0 Å². The van der Waals surface area contributed by atoms with E-state index in [1.165, 1.54) is 44.9 Å². The third kappa shape index (κ3) is 2.03. The van der Waals surface area contributed by atoms with E-state index in [9.17, 15) is 0 Å². The minimum Gasteiger partial charge on any atom is -0.325 e. The molecule has 1 heteroatoms. The van der Waals surface area contributed by atoms with Gasteiger partial charge in [0.15, 0.2) is 0 Å². The summed E-state index contributed by atoms with van der Waals surface area (Å²) in [6.07, 6.45) is 13.9. The second kappa shape index (κ2) is 4.06. The summed E-state index contributed by atoms with van der Waals surface area (Å²) in [6, 6.07) is 0. The summed E-state index contributed by atoms with van der Waals surface area (Å²) < 4.78 is 0. The molecule has 2 aliphatic carbocycles. The minimum absolute atomic E-state index is 0.134. The highest BCUT2D eigenvalue weighted by Gasteiger charge is 2.37. The van der Waals surface area contributed by atoms with E-state index in [1.807, 2.05) is 0 Å². The molecular formula is C13H23N. The molecule has 0 aromatic rings. The van der Waals surface area contributed by atoms with Crippen molar-refractivity contribution in [1.82, 2.24) is 0 Å². The first-order valence-corrected chi connectivity index (χ1v) is 6.16. The third-order valence-electron chi connectivity index (χ3n) is 4.06. The van der Waals surface area contributed by atoms with Crippen molar-refractivity contribution in [2.24, 2.45) is 17.6 Å². The van der Waals surface area contributed by atoms with Gasteiger partial charge in [-0.1, -0.05) is 31.9 Å². The highest BCUT2D eigenvalue weighted by atomic mass is 14.8. The van der Waals surface area contributed by atoms with E-state index in [0.29, 0.717) is 5.92 Å². The van der Waals surface area contributed by atoms with Gasteiger partial charge >= 0.3 is 0 Å². The van der Waals surface area contributed by atoms with Crippen LogP contribution in [0, 0.1) is 11.8 Å². The Morgan fingerprint density at radius 1 is 1.29 bits per heavy atom. The first-order chi connectivity index (χ1) is 6.71. The van der Waals surface area contributed by atoms with Crippen LogP contribution < -0.4 is 5.73 Å². The Morgan fingerprint density at radius 2 is 2.14 bits per heavy atom. The van der Waals surface area contributed by atoms with Crippen molar-refractivity contribution in [1.29, 1.82) is 0 Å². The summed E-state index contributed by atoms with van der Waals surface area (Å²) in [6.45, 7) is 2.35. The summed E-state index contributed by atoms with van der Waals surface area (Å²) >= 11 is 0. The van der Waals surface area contributed by atoms with Crippen LogP contribution in [-0.2, 0) is 0 Å². The second-order valence-electron chi connectivity index (χ2n) is 5.40. The van der Waals surface area contributed by atoms with Gasteiger partial charge in [-0.3, -0.25) is 0 Å². The quantitative estimate of drug-likeness (QED) is 0.636. The van der Waals surface area contributed by atoms with Crippen molar-refractivity contribution in [2.45, 2.75) is 57.4 Å². The fourth-order valence-corrected chi connectivity index (χ4v) is 3.26. The normalized spacial score (nSPS) is 43.9. The lowest BCUT2D eigenvalue weighted by atomic mass is 9.67. The standard InChI is InChI=1S/C13H23N/c1-11-6-5-9-13(14,10-11)12-7-3-2-4-8-12/h3,7,11-12H,2,4-6,8-10,14H2,1H3. The number of rotatable bonds is 1. The Labute approximate surface area is 87.8 Å². The van der Waals surface area contributed by atoms with Crippen LogP contribution in [0.1, 0.15) is 51.9 Å². The van der Waals surface area contributed by atoms with Gasteiger partial charge < -0.3 is 5.73 Å². The van der Waals surface area contributed by atoms with E-state index in [2.05, 4.69) is 19.1 Å². The topological polar surface area (TPSA) is 26.0 Å². The summed E-state index contributed by atoms with van der Waals surface area (Å²) in [5, 5.41) is 0. The molecule has 14 heavy (non-hydrogen) atoms. The second-order valence-corrected chi connectivity index (χ2v) is 5.40. The molecule has 0 amide bonds. The predicted octanol–water partition coefficient (Wildman–Crippen LogP) is 3.25. The SMILES string of the molecule is CC1CCCC(N)(C2C=CCCC2)C1. The van der Waals surface area contributed by atoms with Gasteiger partial charge in [-0.2, -0.15) is 0 Å².